The summed E-state index contributed by atoms with van der Waals surface area (Å²) in [6.07, 6.45) is 7.65. The normalized spacial score (nSPS) is 26.5. The van der Waals surface area contributed by atoms with Gasteiger partial charge in [-0.25, -0.2) is 0 Å². The van der Waals surface area contributed by atoms with E-state index in [4.69, 9.17) is 0 Å². The molecule has 1 aliphatic heterocycles. The van der Waals surface area contributed by atoms with Gasteiger partial charge in [0.25, 0.3) is 0 Å². The molecule has 1 N–H and O–H groups in total. The summed E-state index contributed by atoms with van der Waals surface area (Å²) in [6, 6.07) is 0. The number of fused-ring (bicyclic) bond motifs is 1. The van der Waals surface area contributed by atoms with Crippen LogP contribution in [0.4, 0.5) is 0 Å². The lowest BCUT2D eigenvalue weighted by Gasteiger charge is -2.26. The average Bonchev–Trinajstić information content (AvgIpc) is 2.06. The van der Waals surface area contributed by atoms with Gasteiger partial charge in [0.15, 0.2) is 0 Å². The number of carbonyl (C=O) groups is 1. The van der Waals surface area contributed by atoms with Gasteiger partial charge >= 0.3 is 0 Å². The van der Waals surface area contributed by atoms with Crippen LogP contribution in [-0.4, -0.2) is 12.3 Å². The molecule has 1 atom stereocenters. The Kier molecular flexibility index (Phi) is 2.93. The third-order valence-corrected chi connectivity index (χ3v) is 2.25. The number of Topliss-reactive ketones (excluding diaryl/α,β-unsaturated/α-hetero) is 1. The molecule has 2 aliphatic rings. The van der Waals surface area contributed by atoms with E-state index in [-0.39, 0.29) is 18.3 Å². The highest BCUT2D eigenvalue weighted by molar-refractivity contribution is 5.85. The maximum absolute atomic E-state index is 11.3. The van der Waals surface area contributed by atoms with Crippen LogP contribution in [0, 0.1) is 5.92 Å². The molecule has 2 nitrogen and oxygen atoms in total. The fourth-order valence-electron chi connectivity index (χ4n) is 1.62. The van der Waals surface area contributed by atoms with E-state index in [1.165, 1.54) is 0 Å². The van der Waals surface area contributed by atoms with Crippen LogP contribution in [0.1, 0.15) is 12.8 Å². The van der Waals surface area contributed by atoms with Gasteiger partial charge in [-0.3, -0.25) is 4.79 Å². The van der Waals surface area contributed by atoms with Crippen molar-refractivity contribution in [3.63, 3.8) is 0 Å². The van der Waals surface area contributed by atoms with Crippen molar-refractivity contribution in [3.8, 4) is 0 Å². The van der Waals surface area contributed by atoms with Crippen molar-refractivity contribution in [1.29, 1.82) is 0 Å². The van der Waals surface area contributed by atoms with E-state index in [2.05, 4.69) is 11.4 Å². The number of carbonyl (C=O) groups excluding carboxylic acids is 1. The summed E-state index contributed by atoms with van der Waals surface area (Å²) in [6.45, 7) is 0.814. The Morgan fingerprint density at radius 2 is 2.33 bits per heavy atom. The standard InChI is InChI=1S/C9H11NO.ClH/c11-9-5-6-10-8-4-2-1-3-7(8)9;/h1-2,4,7,10H,3,5-6H2;1H. The van der Waals surface area contributed by atoms with Gasteiger partial charge in [0.05, 0.1) is 5.92 Å². The maximum Gasteiger partial charge on any atom is 0.143 e. The molecule has 3 heteroatoms. The van der Waals surface area contributed by atoms with E-state index in [1.807, 2.05) is 12.2 Å². The smallest absolute Gasteiger partial charge is 0.143 e. The molecular weight excluding hydrogens is 174 g/mol. The van der Waals surface area contributed by atoms with Crippen LogP contribution >= 0.6 is 12.4 Å². The Balaban J connectivity index is 0.000000720. The zero-order chi connectivity index (χ0) is 7.68. The highest BCUT2D eigenvalue weighted by Gasteiger charge is 2.25. The summed E-state index contributed by atoms with van der Waals surface area (Å²) >= 11 is 0. The molecule has 0 aromatic carbocycles. The molecule has 0 radical (unpaired) electrons. The molecule has 1 aliphatic carbocycles. The van der Waals surface area contributed by atoms with Crippen molar-refractivity contribution in [3.05, 3.63) is 23.9 Å². The molecule has 1 saturated heterocycles. The number of allylic oxidation sites excluding steroid dienone is 4. The van der Waals surface area contributed by atoms with Gasteiger partial charge in [0, 0.05) is 18.7 Å². The van der Waals surface area contributed by atoms with Crippen molar-refractivity contribution < 1.29 is 4.79 Å². The Morgan fingerprint density at radius 1 is 1.50 bits per heavy atom. The second kappa shape index (κ2) is 3.76. The molecule has 2 rings (SSSR count). The molecule has 0 saturated carbocycles. The number of hydrogen-bond acceptors (Lipinski definition) is 2. The molecule has 0 bridgehead atoms. The van der Waals surface area contributed by atoms with Crippen molar-refractivity contribution >= 4 is 18.2 Å². The van der Waals surface area contributed by atoms with Crippen molar-refractivity contribution in [2.24, 2.45) is 5.92 Å². The Morgan fingerprint density at radius 3 is 3.08 bits per heavy atom. The molecule has 0 aromatic heterocycles. The summed E-state index contributed by atoms with van der Waals surface area (Å²) < 4.78 is 0. The number of hydrogen-bond donors (Lipinski definition) is 1. The molecule has 0 amide bonds. The Labute approximate surface area is 78.1 Å². The van der Waals surface area contributed by atoms with Gasteiger partial charge in [-0.2, -0.15) is 0 Å². The zero-order valence-corrected chi connectivity index (χ0v) is 7.56. The topological polar surface area (TPSA) is 29.1 Å². The first kappa shape index (κ1) is 9.33. The summed E-state index contributed by atoms with van der Waals surface area (Å²) in [5.41, 5.74) is 1.11. The first-order valence-electron chi connectivity index (χ1n) is 4.01. The average molecular weight is 186 g/mol. The summed E-state index contributed by atoms with van der Waals surface area (Å²) in [4.78, 5) is 11.3. The van der Waals surface area contributed by atoms with Crippen LogP contribution in [-0.2, 0) is 4.79 Å². The molecule has 1 unspecified atom stereocenters. The lowest BCUT2D eigenvalue weighted by atomic mass is 9.88. The molecule has 1 heterocycles. The van der Waals surface area contributed by atoms with Gasteiger partial charge in [-0.15, -0.1) is 12.4 Å². The van der Waals surface area contributed by atoms with Gasteiger partial charge in [0.1, 0.15) is 5.78 Å². The maximum atomic E-state index is 11.3. The van der Waals surface area contributed by atoms with Crippen LogP contribution in [0.25, 0.3) is 0 Å². The van der Waals surface area contributed by atoms with Gasteiger partial charge in [0.2, 0.25) is 0 Å². The fraction of sp³-hybridized carbons (Fsp3) is 0.444. The second-order valence-electron chi connectivity index (χ2n) is 2.98. The minimum absolute atomic E-state index is 0. The summed E-state index contributed by atoms with van der Waals surface area (Å²) in [7, 11) is 0. The minimum atomic E-state index is 0. The Hall–Kier alpha value is -0.760. The van der Waals surface area contributed by atoms with Crippen molar-refractivity contribution in [1.82, 2.24) is 5.32 Å². The van der Waals surface area contributed by atoms with E-state index in [0.717, 1.165) is 18.7 Å². The zero-order valence-electron chi connectivity index (χ0n) is 6.75. The van der Waals surface area contributed by atoms with Crippen molar-refractivity contribution in [2.45, 2.75) is 12.8 Å². The number of piperidine rings is 1. The van der Waals surface area contributed by atoms with Gasteiger partial charge in [-0.05, 0) is 12.5 Å². The number of halogens is 1. The van der Waals surface area contributed by atoms with E-state index < -0.39 is 0 Å². The van der Waals surface area contributed by atoms with Crippen molar-refractivity contribution in [2.75, 3.05) is 6.54 Å². The third-order valence-electron chi connectivity index (χ3n) is 2.25. The van der Waals surface area contributed by atoms with E-state index in [9.17, 15) is 4.79 Å². The van der Waals surface area contributed by atoms with E-state index in [0.29, 0.717) is 12.2 Å². The van der Waals surface area contributed by atoms with Gasteiger partial charge < -0.3 is 5.32 Å². The molecule has 0 spiro atoms. The van der Waals surface area contributed by atoms with Gasteiger partial charge in [-0.1, -0.05) is 12.2 Å². The first-order valence-corrected chi connectivity index (χ1v) is 4.01. The minimum Gasteiger partial charge on any atom is -0.387 e. The molecule has 1 fully saturated rings. The van der Waals surface area contributed by atoms with Crippen LogP contribution in [0.2, 0.25) is 0 Å². The number of rotatable bonds is 0. The monoisotopic (exact) mass is 185 g/mol. The van der Waals surface area contributed by atoms with Crippen LogP contribution in [0.15, 0.2) is 23.9 Å². The molecular formula is C9H12ClNO. The van der Waals surface area contributed by atoms with Crippen LogP contribution in [0.5, 0.6) is 0 Å². The number of nitrogens with one attached hydrogen (secondary N) is 1. The number of ketones is 1. The van der Waals surface area contributed by atoms with E-state index >= 15 is 0 Å². The SMILES string of the molecule is Cl.O=C1CCNC2=CC=CCC12. The highest BCUT2D eigenvalue weighted by atomic mass is 35.5. The fourth-order valence-corrected chi connectivity index (χ4v) is 1.62. The molecule has 66 valence electrons. The van der Waals surface area contributed by atoms with E-state index in [1.54, 1.807) is 0 Å². The van der Waals surface area contributed by atoms with Crippen LogP contribution < -0.4 is 5.32 Å². The molecule has 0 aromatic rings. The predicted octanol–water partition coefficient (Wildman–Crippen LogP) is 1.43. The lowest BCUT2D eigenvalue weighted by Crippen LogP contribution is -2.35. The second-order valence-corrected chi connectivity index (χ2v) is 2.98. The lowest BCUT2D eigenvalue weighted by molar-refractivity contribution is -0.122. The summed E-state index contributed by atoms with van der Waals surface area (Å²) in [5, 5.41) is 3.24. The summed E-state index contributed by atoms with van der Waals surface area (Å²) in [5.74, 6) is 0.535. The molecule has 12 heavy (non-hydrogen) atoms. The highest BCUT2D eigenvalue weighted by Crippen LogP contribution is 2.23. The van der Waals surface area contributed by atoms with Crippen LogP contribution in [0.3, 0.4) is 0 Å². The first-order chi connectivity index (χ1) is 5.38. The predicted molar refractivity (Wildman–Crippen MR) is 50.2 cm³/mol. The third kappa shape index (κ3) is 1.53. The Bertz CT molecular complexity index is 245. The quantitative estimate of drug-likeness (QED) is 0.619. The largest absolute Gasteiger partial charge is 0.387 e.